The first kappa shape index (κ1) is 16.3. The molecule has 1 rings (SSSR count). The van der Waals surface area contributed by atoms with Gasteiger partial charge in [0.1, 0.15) is 13.1 Å². The van der Waals surface area contributed by atoms with Crippen molar-refractivity contribution in [3.8, 4) is 11.5 Å². The van der Waals surface area contributed by atoms with E-state index in [4.69, 9.17) is 0 Å². The predicted octanol–water partition coefficient (Wildman–Crippen LogP) is -0.114. The first-order valence-corrected chi connectivity index (χ1v) is 5.84. The van der Waals surface area contributed by atoms with Gasteiger partial charge in [0, 0.05) is 5.56 Å². The zero-order valence-corrected chi connectivity index (χ0v) is 11.5. The maximum atomic E-state index is 12.2. The van der Waals surface area contributed by atoms with Gasteiger partial charge in [-0.05, 0) is 18.2 Å². The lowest BCUT2D eigenvalue weighted by molar-refractivity contribution is -0.144. The Morgan fingerprint density at radius 2 is 1.52 bits per heavy atom. The van der Waals surface area contributed by atoms with Gasteiger partial charge in [-0.2, -0.15) is 0 Å². The molecule has 8 heteroatoms. The van der Waals surface area contributed by atoms with E-state index < -0.39 is 36.7 Å². The van der Waals surface area contributed by atoms with Crippen LogP contribution in [0.1, 0.15) is 10.4 Å². The summed E-state index contributed by atoms with van der Waals surface area (Å²) in [7, 11) is 2.30. The van der Waals surface area contributed by atoms with E-state index in [-0.39, 0.29) is 11.3 Å². The minimum atomic E-state index is -0.713. The summed E-state index contributed by atoms with van der Waals surface area (Å²) >= 11 is 0. The van der Waals surface area contributed by atoms with E-state index in [2.05, 4.69) is 9.47 Å². The van der Waals surface area contributed by atoms with E-state index in [1.807, 2.05) is 0 Å². The number of phenolic OH excluding ortho intramolecular Hbond substituents is 2. The van der Waals surface area contributed by atoms with Crippen molar-refractivity contribution in [1.29, 1.82) is 0 Å². The lowest BCUT2D eigenvalue weighted by atomic mass is 10.1. The second-order valence-electron chi connectivity index (χ2n) is 4.02. The van der Waals surface area contributed by atoms with Crippen LogP contribution in [0, 0.1) is 0 Å². The van der Waals surface area contributed by atoms with Gasteiger partial charge in [0.25, 0.3) is 5.91 Å². The molecular weight excluding hydrogens is 282 g/mol. The number of phenols is 2. The maximum Gasteiger partial charge on any atom is 0.325 e. The van der Waals surface area contributed by atoms with Gasteiger partial charge in [0.2, 0.25) is 0 Å². The van der Waals surface area contributed by atoms with Crippen LogP contribution in [0.15, 0.2) is 18.2 Å². The van der Waals surface area contributed by atoms with Gasteiger partial charge in [0.15, 0.2) is 11.5 Å². The number of nitrogens with zero attached hydrogens (tertiary/aromatic N) is 1. The Labute approximate surface area is 120 Å². The van der Waals surface area contributed by atoms with E-state index in [0.717, 1.165) is 31.3 Å². The Morgan fingerprint density at radius 3 is 1.95 bits per heavy atom. The third-order valence-corrected chi connectivity index (χ3v) is 2.60. The van der Waals surface area contributed by atoms with Crippen molar-refractivity contribution >= 4 is 17.8 Å². The van der Waals surface area contributed by atoms with E-state index in [1.54, 1.807) is 0 Å². The zero-order chi connectivity index (χ0) is 16.0. The molecule has 0 bridgehead atoms. The average molecular weight is 297 g/mol. The van der Waals surface area contributed by atoms with Crippen LogP contribution in [0.25, 0.3) is 0 Å². The number of methoxy groups -OCH3 is 2. The highest BCUT2D eigenvalue weighted by molar-refractivity contribution is 5.98. The highest BCUT2D eigenvalue weighted by Crippen LogP contribution is 2.25. The Hall–Kier alpha value is -2.77. The molecule has 1 aromatic carbocycles. The average Bonchev–Trinajstić information content (AvgIpc) is 2.48. The van der Waals surface area contributed by atoms with Gasteiger partial charge in [-0.3, -0.25) is 14.4 Å². The Balaban J connectivity index is 2.99. The van der Waals surface area contributed by atoms with Crippen molar-refractivity contribution in [3.63, 3.8) is 0 Å². The lowest BCUT2D eigenvalue weighted by Crippen LogP contribution is -2.40. The first-order chi connectivity index (χ1) is 9.88. The summed E-state index contributed by atoms with van der Waals surface area (Å²) in [4.78, 5) is 35.7. The van der Waals surface area contributed by atoms with E-state index >= 15 is 0 Å². The molecule has 1 amide bonds. The highest BCUT2D eigenvalue weighted by atomic mass is 16.5. The number of carbonyl (C=O) groups is 3. The molecule has 0 aliphatic rings. The van der Waals surface area contributed by atoms with Crippen molar-refractivity contribution in [2.75, 3.05) is 27.3 Å². The summed E-state index contributed by atoms with van der Waals surface area (Å²) in [6.45, 7) is -0.905. The molecule has 0 aliphatic heterocycles. The Kier molecular flexibility index (Phi) is 5.53. The molecule has 0 atom stereocenters. The fourth-order valence-corrected chi connectivity index (χ4v) is 1.48. The minimum absolute atomic E-state index is 0.00175. The van der Waals surface area contributed by atoms with Crippen molar-refractivity contribution in [2.24, 2.45) is 0 Å². The van der Waals surface area contributed by atoms with Gasteiger partial charge in [-0.25, -0.2) is 0 Å². The number of esters is 2. The summed E-state index contributed by atoms with van der Waals surface area (Å²) < 4.78 is 8.90. The molecule has 0 unspecified atom stereocenters. The van der Waals surface area contributed by atoms with Crippen molar-refractivity contribution < 1.29 is 34.1 Å². The summed E-state index contributed by atoms with van der Waals surface area (Å²) in [6, 6.07) is 3.40. The number of benzene rings is 1. The summed E-state index contributed by atoms with van der Waals surface area (Å²) in [5.74, 6) is -3.00. The molecule has 8 nitrogen and oxygen atoms in total. The molecule has 1 aromatic rings. The molecule has 0 aliphatic carbocycles. The number of hydrogen-bond acceptors (Lipinski definition) is 7. The van der Waals surface area contributed by atoms with Crippen LogP contribution in [-0.4, -0.2) is 60.3 Å². The minimum Gasteiger partial charge on any atom is -0.504 e. The number of rotatable bonds is 5. The standard InChI is InChI=1S/C13H15NO7/c1-20-11(17)6-14(7-12(18)21-2)13(19)8-3-4-9(15)10(16)5-8/h3-5,15-16H,6-7H2,1-2H3. The monoisotopic (exact) mass is 297 g/mol. The molecule has 0 heterocycles. The quantitative estimate of drug-likeness (QED) is 0.575. The van der Waals surface area contributed by atoms with Crippen LogP contribution in [0.2, 0.25) is 0 Å². The molecule has 0 fully saturated rings. The largest absolute Gasteiger partial charge is 0.504 e. The number of carbonyl (C=O) groups excluding carboxylic acids is 3. The van der Waals surface area contributed by atoms with Crippen molar-refractivity contribution in [1.82, 2.24) is 4.90 Å². The second kappa shape index (κ2) is 7.13. The fourth-order valence-electron chi connectivity index (χ4n) is 1.48. The third kappa shape index (κ3) is 4.37. The summed E-state index contributed by atoms with van der Waals surface area (Å²) in [6.07, 6.45) is 0. The molecule has 0 saturated carbocycles. The first-order valence-electron chi connectivity index (χ1n) is 5.84. The highest BCUT2D eigenvalue weighted by Gasteiger charge is 2.23. The molecule has 0 radical (unpaired) electrons. The topological polar surface area (TPSA) is 113 Å². The van der Waals surface area contributed by atoms with Gasteiger partial charge in [-0.1, -0.05) is 0 Å². The summed E-state index contributed by atoms with van der Waals surface area (Å²) in [5, 5.41) is 18.6. The van der Waals surface area contributed by atoms with Crippen molar-refractivity contribution in [2.45, 2.75) is 0 Å². The molecule has 2 N–H and O–H groups in total. The van der Waals surface area contributed by atoms with Crippen LogP contribution in [0.4, 0.5) is 0 Å². The SMILES string of the molecule is COC(=O)CN(CC(=O)OC)C(=O)c1ccc(O)c(O)c1. The second-order valence-corrected chi connectivity index (χ2v) is 4.02. The molecule has 0 spiro atoms. The normalized spacial score (nSPS) is 9.81. The van der Waals surface area contributed by atoms with Gasteiger partial charge < -0.3 is 24.6 Å². The van der Waals surface area contributed by atoms with Crippen LogP contribution < -0.4 is 0 Å². The Bertz CT molecular complexity index is 537. The molecule has 0 aromatic heterocycles. The molecule has 0 saturated heterocycles. The number of ether oxygens (including phenoxy) is 2. The predicted molar refractivity (Wildman–Crippen MR) is 69.7 cm³/mol. The van der Waals surface area contributed by atoms with Gasteiger partial charge in [-0.15, -0.1) is 0 Å². The lowest BCUT2D eigenvalue weighted by Gasteiger charge is -2.20. The van der Waals surface area contributed by atoms with Crippen LogP contribution in [0.5, 0.6) is 11.5 Å². The number of aromatic hydroxyl groups is 2. The zero-order valence-electron chi connectivity index (χ0n) is 11.5. The van der Waals surface area contributed by atoms with Crippen molar-refractivity contribution in [3.05, 3.63) is 23.8 Å². The van der Waals surface area contributed by atoms with Crippen LogP contribution in [-0.2, 0) is 19.1 Å². The molecule has 114 valence electrons. The number of amides is 1. The smallest absolute Gasteiger partial charge is 0.325 e. The van der Waals surface area contributed by atoms with Gasteiger partial charge >= 0.3 is 11.9 Å². The number of hydrogen-bond donors (Lipinski definition) is 2. The fraction of sp³-hybridized carbons (Fsp3) is 0.308. The van der Waals surface area contributed by atoms with Crippen LogP contribution >= 0.6 is 0 Å². The maximum absolute atomic E-state index is 12.2. The van der Waals surface area contributed by atoms with E-state index in [9.17, 15) is 24.6 Å². The molecular formula is C13H15NO7. The van der Waals surface area contributed by atoms with E-state index in [0.29, 0.717) is 0 Å². The third-order valence-electron chi connectivity index (χ3n) is 2.60. The van der Waals surface area contributed by atoms with Gasteiger partial charge in [0.05, 0.1) is 14.2 Å². The van der Waals surface area contributed by atoms with E-state index in [1.165, 1.54) is 6.07 Å². The summed E-state index contributed by atoms with van der Waals surface area (Å²) in [5.41, 5.74) is -0.00175. The van der Waals surface area contributed by atoms with Crippen LogP contribution in [0.3, 0.4) is 0 Å². The molecule has 21 heavy (non-hydrogen) atoms. The Morgan fingerprint density at radius 1 is 1.00 bits per heavy atom.